The standard InChI is InChI=1S/C23H34N2O3/c1-5-28-20-12-7-6-10-18(20)15-25-21(26)13-14-23(25,4)22(27)24-19-11-8-9-16(2)17(19)3/h6-7,10,12,16-17,19H,5,8-9,11,13-15H2,1-4H3,(H,24,27). The van der Waals surface area contributed by atoms with Gasteiger partial charge in [-0.2, -0.15) is 0 Å². The molecule has 0 aromatic heterocycles. The molecule has 154 valence electrons. The number of benzene rings is 1. The van der Waals surface area contributed by atoms with E-state index in [1.165, 1.54) is 6.42 Å². The summed E-state index contributed by atoms with van der Waals surface area (Å²) >= 11 is 0. The second-order valence-corrected chi connectivity index (χ2v) is 8.64. The Balaban J connectivity index is 1.77. The van der Waals surface area contributed by atoms with Crippen molar-refractivity contribution >= 4 is 11.8 Å². The molecular weight excluding hydrogens is 352 g/mol. The summed E-state index contributed by atoms with van der Waals surface area (Å²) in [6.45, 7) is 9.32. The molecule has 3 rings (SSSR count). The van der Waals surface area contributed by atoms with E-state index >= 15 is 0 Å². The van der Waals surface area contributed by atoms with E-state index in [1.807, 2.05) is 38.1 Å². The highest BCUT2D eigenvalue weighted by Crippen LogP contribution is 2.35. The molecule has 1 aliphatic heterocycles. The SMILES string of the molecule is CCOc1ccccc1CN1C(=O)CCC1(C)C(=O)NC1CCCC(C)C1C. The van der Waals surface area contributed by atoms with Gasteiger partial charge in [0.15, 0.2) is 0 Å². The normalized spacial score (nSPS) is 30.4. The summed E-state index contributed by atoms with van der Waals surface area (Å²) in [4.78, 5) is 27.7. The minimum atomic E-state index is -0.809. The number of hydrogen-bond acceptors (Lipinski definition) is 3. The molecule has 1 heterocycles. The van der Waals surface area contributed by atoms with Gasteiger partial charge < -0.3 is 15.0 Å². The first kappa shape index (κ1) is 20.7. The summed E-state index contributed by atoms with van der Waals surface area (Å²) in [6.07, 6.45) is 4.37. The number of para-hydroxylation sites is 1. The Bertz CT molecular complexity index is 720. The van der Waals surface area contributed by atoms with Crippen LogP contribution in [-0.4, -0.2) is 34.9 Å². The van der Waals surface area contributed by atoms with Crippen LogP contribution in [0.4, 0.5) is 0 Å². The topological polar surface area (TPSA) is 58.6 Å². The predicted molar refractivity (Wildman–Crippen MR) is 110 cm³/mol. The predicted octanol–water partition coefficient (Wildman–Crippen LogP) is 3.91. The third-order valence-corrected chi connectivity index (χ3v) is 6.84. The molecule has 1 aromatic rings. The minimum Gasteiger partial charge on any atom is -0.494 e. The van der Waals surface area contributed by atoms with E-state index in [4.69, 9.17) is 4.74 Å². The number of rotatable bonds is 6. The largest absolute Gasteiger partial charge is 0.494 e. The minimum absolute atomic E-state index is 0.0156. The Morgan fingerprint density at radius 3 is 2.79 bits per heavy atom. The number of carbonyl (C=O) groups excluding carboxylic acids is 2. The number of carbonyl (C=O) groups is 2. The summed E-state index contributed by atoms with van der Waals surface area (Å²) in [6, 6.07) is 7.96. The van der Waals surface area contributed by atoms with Crippen molar-refractivity contribution in [2.45, 2.75) is 77.9 Å². The zero-order valence-corrected chi connectivity index (χ0v) is 17.7. The molecule has 1 saturated heterocycles. The molecule has 2 fully saturated rings. The van der Waals surface area contributed by atoms with E-state index in [9.17, 15) is 9.59 Å². The van der Waals surface area contributed by atoms with Crippen LogP contribution in [0.1, 0.15) is 65.4 Å². The van der Waals surface area contributed by atoms with Gasteiger partial charge in [-0.15, -0.1) is 0 Å². The molecule has 1 aliphatic carbocycles. The van der Waals surface area contributed by atoms with Crippen LogP contribution < -0.4 is 10.1 Å². The van der Waals surface area contributed by atoms with Crippen molar-refractivity contribution < 1.29 is 14.3 Å². The van der Waals surface area contributed by atoms with Crippen molar-refractivity contribution in [1.82, 2.24) is 10.2 Å². The summed E-state index contributed by atoms with van der Waals surface area (Å²) in [5.74, 6) is 1.88. The summed E-state index contributed by atoms with van der Waals surface area (Å²) in [5, 5.41) is 3.29. The zero-order chi connectivity index (χ0) is 20.3. The van der Waals surface area contributed by atoms with Gasteiger partial charge in [0.05, 0.1) is 13.2 Å². The maximum absolute atomic E-state index is 13.3. The number of nitrogens with zero attached hydrogens (tertiary/aromatic N) is 1. The molecular formula is C23H34N2O3. The molecule has 1 saturated carbocycles. The van der Waals surface area contributed by atoms with Crippen LogP contribution in [0.3, 0.4) is 0 Å². The van der Waals surface area contributed by atoms with Crippen LogP contribution in [0.15, 0.2) is 24.3 Å². The van der Waals surface area contributed by atoms with E-state index in [0.717, 1.165) is 24.2 Å². The molecule has 28 heavy (non-hydrogen) atoms. The van der Waals surface area contributed by atoms with Crippen LogP contribution >= 0.6 is 0 Å². The number of likely N-dealkylation sites (tertiary alicyclic amines) is 1. The molecule has 2 amide bonds. The van der Waals surface area contributed by atoms with E-state index in [2.05, 4.69) is 19.2 Å². The second kappa shape index (κ2) is 8.54. The highest BCUT2D eigenvalue weighted by atomic mass is 16.5. The smallest absolute Gasteiger partial charge is 0.245 e. The van der Waals surface area contributed by atoms with Gasteiger partial charge in [-0.25, -0.2) is 0 Å². The lowest BCUT2D eigenvalue weighted by atomic mass is 9.77. The molecule has 4 unspecified atom stereocenters. The first-order chi connectivity index (χ1) is 13.4. The number of amides is 2. The fraction of sp³-hybridized carbons (Fsp3) is 0.652. The molecule has 0 radical (unpaired) electrons. The van der Waals surface area contributed by atoms with E-state index in [1.54, 1.807) is 4.90 Å². The van der Waals surface area contributed by atoms with Crippen LogP contribution in [0.2, 0.25) is 0 Å². The van der Waals surface area contributed by atoms with Gasteiger partial charge in [0.2, 0.25) is 11.8 Å². The first-order valence-corrected chi connectivity index (χ1v) is 10.7. The van der Waals surface area contributed by atoms with Crippen molar-refractivity contribution in [3.63, 3.8) is 0 Å². The Hall–Kier alpha value is -2.04. The van der Waals surface area contributed by atoms with Crippen molar-refractivity contribution in [2.75, 3.05) is 6.61 Å². The molecule has 4 atom stereocenters. The highest BCUT2D eigenvalue weighted by Gasteiger charge is 2.48. The summed E-state index contributed by atoms with van der Waals surface area (Å²) < 4.78 is 5.72. The van der Waals surface area contributed by atoms with Gasteiger partial charge >= 0.3 is 0 Å². The quantitative estimate of drug-likeness (QED) is 0.806. The fourth-order valence-electron chi connectivity index (χ4n) is 4.60. The van der Waals surface area contributed by atoms with Gasteiger partial charge in [0, 0.05) is 18.0 Å². The van der Waals surface area contributed by atoms with Crippen molar-refractivity contribution in [3.8, 4) is 5.75 Å². The van der Waals surface area contributed by atoms with Crippen molar-refractivity contribution in [2.24, 2.45) is 11.8 Å². The number of hydrogen-bond donors (Lipinski definition) is 1. The van der Waals surface area contributed by atoms with Crippen LogP contribution in [0.25, 0.3) is 0 Å². The molecule has 5 nitrogen and oxygen atoms in total. The average Bonchev–Trinajstić information content (AvgIpc) is 2.97. The van der Waals surface area contributed by atoms with E-state index in [0.29, 0.717) is 37.8 Å². The summed E-state index contributed by atoms with van der Waals surface area (Å²) in [5.41, 5.74) is 0.134. The molecule has 5 heteroatoms. The maximum Gasteiger partial charge on any atom is 0.245 e. The van der Waals surface area contributed by atoms with Crippen molar-refractivity contribution in [1.29, 1.82) is 0 Å². The lowest BCUT2D eigenvalue weighted by molar-refractivity contribution is -0.142. The Labute approximate surface area is 168 Å². The van der Waals surface area contributed by atoms with Crippen LogP contribution in [0, 0.1) is 11.8 Å². The van der Waals surface area contributed by atoms with Gasteiger partial charge in [0.1, 0.15) is 11.3 Å². The third-order valence-electron chi connectivity index (χ3n) is 6.84. The third kappa shape index (κ3) is 4.03. The molecule has 1 aromatic carbocycles. The lowest BCUT2D eigenvalue weighted by Crippen LogP contribution is -2.57. The monoisotopic (exact) mass is 386 g/mol. The summed E-state index contributed by atoms with van der Waals surface area (Å²) in [7, 11) is 0. The second-order valence-electron chi connectivity index (χ2n) is 8.64. The average molecular weight is 387 g/mol. The fourth-order valence-corrected chi connectivity index (χ4v) is 4.60. The van der Waals surface area contributed by atoms with Gasteiger partial charge in [0.25, 0.3) is 0 Å². The Kier molecular flexibility index (Phi) is 6.31. The van der Waals surface area contributed by atoms with Gasteiger partial charge in [-0.05, 0) is 44.6 Å². The van der Waals surface area contributed by atoms with Crippen molar-refractivity contribution in [3.05, 3.63) is 29.8 Å². The molecule has 1 N–H and O–H groups in total. The number of nitrogens with one attached hydrogen (secondary N) is 1. The first-order valence-electron chi connectivity index (χ1n) is 10.7. The van der Waals surface area contributed by atoms with Crippen LogP contribution in [0.5, 0.6) is 5.75 Å². The highest BCUT2D eigenvalue weighted by molar-refractivity contribution is 5.94. The zero-order valence-electron chi connectivity index (χ0n) is 17.7. The maximum atomic E-state index is 13.3. The Morgan fingerprint density at radius 1 is 1.29 bits per heavy atom. The van der Waals surface area contributed by atoms with E-state index in [-0.39, 0.29) is 17.9 Å². The van der Waals surface area contributed by atoms with E-state index < -0.39 is 5.54 Å². The number of ether oxygens (including phenoxy) is 1. The molecule has 0 bridgehead atoms. The van der Waals surface area contributed by atoms with Gasteiger partial charge in [-0.3, -0.25) is 9.59 Å². The molecule has 0 spiro atoms. The molecule has 2 aliphatic rings. The lowest BCUT2D eigenvalue weighted by Gasteiger charge is -2.39. The van der Waals surface area contributed by atoms with Gasteiger partial charge in [-0.1, -0.05) is 44.9 Å². The van der Waals surface area contributed by atoms with Crippen LogP contribution in [-0.2, 0) is 16.1 Å². The Morgan fingerprint density at radius 2 is 2.04 bits per heavy atom.